The van der Waals surface area contributed by atoms with Crippen LogP contribution in [0.1, 0.15) is 69.0 Å². The quantitative estimate of drug-likeness (QED) is 0.373. The van der Waals surface area contributed by atoms with Crippen LogP contribution in [0.5, 0.6) is 6.01 Å². The normalized spacial score (nSPS) is 15.7. The van der Waals surface area contributed by atoms with Crippen molar-refractivity contribution in [1.29, 1.82) is 0 Å². The molecule has 178 valence electrons. The van der Waals surface area contributed by atoms with Gasteiger partial charge in [0, 0.05) is 42.2 Å². The molecule has 0 atom stereocenters. The van der Waals surface area contributed by atoms with Crippen molar-refractivity contribution in [2.45, 2.75) is 63.7 Å². The number of methoxy groups -OCH3 is 1. The van der Waals surface area contributed by atoms with E-state index in [1.54, 1.807) is 13.3 Å². The van der Waals surface area contributed by atoms with Crippen LogP contribution in [-0.4, -0.2) is 39.7 Å². The first-order valence-corrected chi connectivity index (χ1v) is 12.3. The molecule has 1 amide bonds. The summed E-state index contributed by atoms with van der Waals surface area (Å²) in [5.74, 6) is 2.49. The number of hydrogen-bond acceptors (Lipinski definition) is 7. The van der Waals surface area contributed by atoms with E-state index in [-0.39, 0.29) is 11.8 Å². The van der Waals surface area contributed by atoms with Crippen LogP contribution >= 0.6 is 0 Å². The lowest BCUT2D eigenvalue weighted by Crippen LogP contribution is -2.39. The minimum atomic E-state index is 0.141. The first kappa shape index (κ1) is 22.5. The van der Waals surface area contributed by atoms with Gasteiger partial charge in [0.1, 0.15) is 0 Å². The summed E-state index contributed by atoms with van der Waals surface area (Å²) in [6.45, 7) is 0.697. The smallest absolute Gasteiger partial charge is 0.316 e. The molecular formula is C26H31N5O3. The lowest BCUT2D eigenvalue weighted by molar-refractivity contribution is -0.124. The van der Waals surface area contributed by atoms with E-state index in [1.165, 1.54) is 12.8 Å². The van der Waals surface area contributed by atoms with Crippen molar-refractivity contribution in [1.82, 2.24) is 20.1 Å². The van der Waals surface area contributed by atoms with E-state index in [2.05, 4.69) is 20.1 Å². The summed E-state index contributed by atoms with van der Waals surface area (Å²) in [4.78, 5) is 28.3. The topological polar surface area (TPSA) is 94.2 Å². The van der Waals surface area contributed by atoms with Gasteiger partial charge in [-0.05, 0) is 56.7 Å². The standard InChI is InChI=1S/C26H31N5O3/c1-33-26-27-15-14-22(28-26)20-9-6-10-21(17-20)31(25(32)19-7-5-8-19)16-4-2-3-11-23-29-24(30-34-23)18-12-13-18/h6,9-10,14-15,17-19H,2-5,7-8,11-13,16H2,1H3. The van der Waals surface area contributed by atoms with E-state index in [1.807, 2.05) is 35.2 Å². The molecule has 8 heteroatoms. The predicted molar refractivity (Wildman–Crippen MR) is 128 cm³/mol. The molecule has 2 fully saturated rings. The monoisotopic (exact) mass is 461 g/mol. The number of rotatable bonds is 11. The molecule has 0 spiro atoms. The zero-order chi connectivity index (χ0) is 23.3. The highest BCUT2D eigenvalue weighted by atomic mass is 16.5. The Bertz CT molecular complexity index is 1120. The van der Waals surface area contributed by atoms with Gasteiger partial charge in [-0.25, -0.2) is 4.98 Å². The van der Waals surface area contributed by atoms with E-state index in [0.717, 1.165) is 73.6 Å². The summed E-state index contributed by atoms with van der Waals surface area (Å²) in [5, 5.41) is 4.09. The van der Waals surface area contributed by atoms with Gasteiger partial charge in [-0.1, -0.05) is 30.1 Å². The maximum atomic E-state index is 13.3. The van der Waals surface area contributed by atoms with Gasteiger partial charge in [0.15, 0.2) is 5.82 Å². The van der Waals surface area contributed by atoms with Crippen molar-refractivity contribution in [3.05, 3.63) is 48.2 Å². The van der Waals surface area contributed by atoms with E-state index in [0.29, 0.717) is 18.5 Å². The fourth-order valence-electron chi connectivity index (χ4n) is 4.28. The Hall–Kier alpha value is -3.29. The van der Waals surface area contributed by atoms with Crippen molar-refractivity contribution < 1.29 is 14.1 Å². The molecule has 0 unspecified atom stereocenters. The molecular weight excluding hydrogens is 430 g/mol. The number of carbonyl (C=O) groups is 1. The van der Waals surface area contributed by atoms with Crippen LogP contribution in [0.2, 0.25) is 0 Å². The molecule has 0 saturated heterocycles. The number of amides is 1. The van der Waals surface area contributed by atoms with Gasteiger partial charge in [0.25, 0.3) is 0 Å². The van der Waals surface area contributed by atoms with Gasteiger partial charge in [-0.2, -0.15) is 9.97 Å². The number of carbonyl (C=O) groups excluding carboxylic acids is 1. The van der Waals surface area contributed by atoms with Crippen LogP contribution < -0.4 is 9.64 Å². The van der Waals surface area contributed by atoms with Crippen LogP contribution in [0.3, 0.4) is 0 Å². The number of anilines is 1. The summed E-state index contributed by atoms with van der Waals surface area (Å²) in [6.07, 6.45) is 10.8. The lowest BCUT2D eigenvalue weighted by Gasteiger charge is -2.32. The number of ether oxygens (including phenoxy) is 1. The summed E-state index contributed by atoms with van der Waals surface area (Å²) < 4.78 is 10.5. The van der Waals surface area contributed by atoms with Crippen LogP contribution in [0.15, 0.2) is 41.1 Å². The average Bonchev–Trinajstić information content (AvgIpc) is 3.58. The van der Waals surface area contributed by atoms with E-state index in [9.17, 15) is 4.79 Å². The molecule has 2 heterocycles. The summed E-state index contributed by atoms with van der Waals surface area (Å²) in [7, 11) is 1.55. The molecule has 1 aromatic carbocycles. The minimum absolute atomic E-state index is 0.141. The van der Waals surface area contributed by atoms with Gasteiger partial charge in [-0.3, -0.25) is 4.79 Å². The molecule has 2 saturated carbocycles. The maximum Gasteiger partial charge on any atom is 0.316 e. The zero-order valence-corrected chi connectivity index (χ0v) is 19.7. The molecule has 0 aliphatic heterocycles. The molecule has 0 bridgehead atoms. The van der Waals surface area contributed by atoms with Crippen LogP contribution in [-0.2, 0) is 11.2 Å². The first-order chi connectivity index (χ1) is 16.7. The molecule has 0 radical (unpaired) electrons. The lowest BCUT2D eigenvalue weighted by atomic mass is 9.84. The summed E-state index contributed by atoms with van der Waals surface area (Å²) in [5.41, 5.74) is 2.63. The fourth-order valence-corrected chi connectivity index (χ4v) is 4.28. The highest BCUT2D eigenvalue weighted by molar-refractivity contribution is 5.96. The second-order valence-electron chi connectivity index (χ2n) is 9.23. The second kappa shape index (κ2) is 10.3. The Morgan fingerprint density at radius 3 is 2.76 bits per heavy atom. The van der Waals surface area contributed by atoms with Crippen molar-refractivity contribution in [2.75, 3.05) is 18.6 Å². The molecule has 34 heavy (non-hydrogen) atoms. The van der Waals surface area contributed by atoms with Gasteiger partial charge in [0.2, 0.25) is 11.8 Å². The van der Waals surface area contributed by atoms with E-state index < -0.39 is 0 Å². The first-order valence-electron chi connectivity index (χ1n) is 12.3. The third-order valence-corrected chi connectivity index (χ3v) is 6.69. The van der Waals surface area contributed by atoms with E-state index in [4.69, 9.17) is 9.26 Å². The summed E-state index contributed by atoms with van der Waals surface area (Å²) >= 11 is 0. The molecule has 2 aliphatic carbocycles. The molecule has 8 nitrogen and oxygen atoms in total. The fraction of sp³-hybridized carbons (Fsp3) is 0.500. The summed E-state index contributed by atoms with van der Waals surface area (Å²) in [6, 6.07) is 10.2. The molecule has 2 aromatic heterocycles. The minimum Gasteiger partial charge on any atom is -0.467 e. The molecule has 5 rings (SSSR count). The van der Waals surface area contributed by atoms with Crippen molar-refractivity contribution in [3.8, 4) is 17.3 Å². The van der Waals surface area contributed by atoms with Gasteiger partial charge in [0.05, 0.1) is 12.8 Å². The van der Waals surface area contributed by atoms with Crippen molar-refractivity contribution in [3.63, 3.8) is 0 Å². The van der Waals surface area contributed by atoms with E-state index >= 15 is 0 Å². The zero-order valence-electron chi connectivity index (χ0n) is 19.7. The van der Waals surface area contributed by atoms with Crippen molar-refractivity contribution >= 4 is 11.6 Å². The largest absolute Gasteiger partial charge is 0.467 e. The second-order valence-corrected chi connectivity index (χ2v) is 9.23. The number of aryl methyl sites for hydroxylation is 1. The third kappa shape index (κ3) is 5.26. The number of hydrogen-bond donors (Lipinski definition) is 0. The molecule has 2 aliphatic rings. The number of benzene rings is 1. The third-order valence-electron chi connectivity index (χ3n) is 6.69. The number of unbranched alkanes of at least 4 members (excludes halogenated alkanes) is 2. The van der Waals surface area contributed by atoms with Crippen LogP contribution in [0.4, 0.5) is 5.69 Å². The molecule has 3 aromatic rings. The van der Waals surface area contributed by atoms with Gasteiger partial charge >= 0.3 is 6.01 Å². The average molecular weight is 462 g/mol. The Morgan fingerprint density at radius 2 is 2.00 bits per heavy atom. The van der Waals surface area contributed by atoms with Crippen LogP contribution in [0, 0.1) is 5.92 Å². The Kier molecular flexibility index (Phi) is 6.83. The predicted octanol–water partition coefficient (Wildman–Crippen LogP) is 4.96. The SMILES string of the molecule is COc1nccc(-c2cccc(N(CCCCCc3nc(C4CC4)no3)C(=O)C3CCC3)c2)n1. The van der Waals surface area contributed by atoms with Gasteiger partial charge < -0.3 is 14.2 Å². The Morgan fingerprint density at radius 1 is 1.12 bits per heavy atom. The Balaban J connectivity index is 1.23. The maximum absolute atomic E-state index is 13.3. The van der Waals surface area contributed by atoms with Crippen LogP contribution in [0.25, 0.3) is 11.3 Å². The number of aromatic nitrogens is 4. The highest BCUT2D eigenvalue weighted by Crippen LogP contribution is 2.38. The van der Waals surface area contributed by atoms with Gasteiger partial charge in [-0.15, -0.1) is 0 Å². The Labute approximate surface area is 199 Å². The van der Waals surface area contributed by atoms with Crippen molar-refractivity contribution in [2.24, 2.45) is 5.92 Å². The number of nitrogens with zero attached hydrogens (tertiary/aromatic N) is 5. The molecule has 0 N–H and O–H groups in total. The highest BCUT2D eigenvalue weighted by Gasteiger charge is 2.30.